The van der Waals surface area contributed by atoms with Gasteiger partial charge in [-0.2, -0.15) is 0 Å². The predicted molar refractivity (Wildman–Crippen MR) is 82.9 cm³/mol. The van der Waals surface area contributed by atoms with Crippen molar-refractivity contribution < 1.29 is 8.78 Å². The highest BCUT2D eigenvalue weighted by atomic mass is 79.9. The molecule has 0 bridgehead atoms. The minimum atomic E-state index is -0.686. The largest absolute Gasteiger partial charge is 0.373 e. The number of hydrogen-bond donors (Lipinski definition) is 2. The molecule has 7 heteroatoms. The number of anilines is 3. The first-order valence-corrected chi connectivity index (χ1v) is 7.29. The van der Waals surface area contributed by atoms with Gasteiger partial charge in [-0.1, -0.05) is 29.3 Å². The molecule has 0 fully saturated rings. The highest BCUT2D eigenvalue weighted by Gasteiger charge is 2.15. The van der Waals surface area contributed by atoms with E-state index in [-0.39, 0.29) is 5.69 Å². The molecule has 0 atom stereocenters. The summed E-state index contributed by atoms with van der Waals surface area (Å²) in [7, 11) is 1.74. The minimum Gasteiger partial charge on any atom is -0.373 e. The Labute approximate surface area is 130 Å². The number of rotatable bonds is 5. The van der Waals surface area contributed by atoms with E-state index in [0.717, 1.165) is 12.0 Å². The van der Waals surface area contributed by atoms with Crippen molar-refractivity contribution in [2.45, 2.75) is 19.8 Å². The summed E-state index contributed by atoms with van der Waals surface area (Å²) in [5, 5.41) is 5.69. The van der Waals surface area contributed by atoms with E-state index in [0.29, 0.717) is 22.5 Å². The number of aromatic nitrogens is 2. The zero-order valence-electron chi connectivity index (χ0n) is 11.7. The van der Waals surface area contributed by atoms with Crippen LogP contribution in [0.2, 0.25) is 0 Å². The third kappa shape index (κ3) is 3.47. The smallest absolute Gasteiger partial charge is 0.150 e. The summed E-state index contributed by atoms with van der Waals surface area (Å²) in [6.07, 6.45) is 2.91. The van der Waals surface area contributed by atoms with Gasteiger partial charge in [0.05, 0.1) is 0 Å². The van der Waals surface area contributed by atoms with Gasteiger partial charge in [-0.25, -0.2) is 18.7 Å². The van der Waals surface area contributed by atoms with Crippen LogP contribution in [-0.4, -0.2) is 17.0 Å². The fourth-order valence-electron chi connectivity index (χ4n) is 2.00. The second kappa shape index (κ2) is 6.80. The fraction of sp³-hybridized carbons (Fsp3) is 0.286. The summed E-state index contributed by atoms with van der Waals surface area (Å²) in [6.45, 7) is 2.01. The van der Waals surface area contributed by atoms with Gasteiger partial charge in [0.1, 0.15) is 23.7 Å². The van der Waals surface area contributed by atoms with Crippen LogP contribution < -0.4 is 10.6 Å². The molecule has 1 aromatic carbocycles. The average molecular weight is 357 g/mol. The molecule has 0 saturated heterocycles. The predicted octanol–water partition coefficient (Wildman–Crippen LogP) is 4.26. The summed E-state index contributed by atoms with van der Waals surface area (Å²) in [5.41, 5.74) is 0.570. The molecule has 0 aliphatic rings. The third-order valence-corrected chi connectivity index (χ3v) is 3.39. The summed E-state index contributed by atoms with van der Waals surface area (Å²) in [6, 6.07) is 2.40. The first-order chi connectivity index (χ1) is 10.1. The van der Waals surface area contributed by atoms with Gasteiger partial charge in [-0.15, -0.1) is 0 Å². The summed E-state index contributed by atoms with van der Waals surface area (Å²) in [4.78, 5) is 8.22. The van der Waals surface area contributed by atoms with E-state index in [1.54, 1.807) is 7.05 Å². The van der Waals surface area contributed by atoms with Gasteiger partial charge < -0.3 is 10.6 Å². The number of benzene rings is 1. The number of hydrogen-bond acceptors (Lipinski definition) is 4. The Balaban J connectivity index is 2.44. The lowest BCUT2D eigenvalue weighted by atomic mass is 10.1. The van der Waals surface area contributed by atoms with Crippen molar-refractivity contribution in [2.75, 3.05) is 17.7 Å². The van der Waals surface area contributed by atoms with Crippen LogP contribution in [0.4, 0.5) is 26.1 Å². The van der Waals surface area contributed by atoms with Crippen LogP contribution in [0.3, 0.4) is 0 Å². The van der Waals surface area contributed by atoms with Gasteiger partial charge >= 0.3 is 0 Å². The maximum Gasteiger partial charge on any atom is 0.150 e. The van der Waals surface area contributed by atoms with Crippen molar-refractivity contribution in [1.82, 2.24) is 9.97 Å². The van der Waals surface area contributed by atoms with Gasteiger partial charge in [0.25, 0.3) is 0 Å². The average Bonchev–Trinajstić information content (AvgIpc) is 2.44. The lowest BCUT2D eigenvalue weighted by Gasteiger charge is -2.14. The van der Waals surface area contributed by atoms with Gasteiger partial charge in [-0.05, 0) is 18.6 Å². The van der Waals surface area contributed by atoms with Crippen molar-refractivity contribution in [1.29, 1.82) is 0 Å². The topological polar surface area (TPSA) is 49.8 Å². The van der Waals surface area contributed by atoms with E-state index < -0.39 is 11.6 Å². The van der Waals surface area contributed by atoms with Crippen molar-refractivity contribution in [3.05, 3.63) is 40.1 Å². The minimum absolute atomic E-state index is 0.226. The van der Waals surface area contributed by atoms with Gasteiger partial charge in [0.2, 0.25) is 0 Å². The number of halogens is 3. The lowest BCUT2D eigenvalue weighted by molar-refractivity contribution is 0.589. The molecule has 0 aliphatic carbocycles. The highest BCUT2D eigenvalue weighted by molar-refractivity contribution is 9.10. The van der Waals surface area contributed by atoms with Gasteiger partial charge in [0, 0.05) is 17.1 Å². The van der Waals surface area contributed by atoms with E-state index in [4.69, 9.17) is 0 Å². The van der Waals surface area contributed by atoms with Crippen LogP contribution in [0.15, 0.2) is 22.9 Å². The molecule has 1 aromatic heterocycles. The molecule has 2 N–H and O–H groups in total. The van der Waals surface area contributed by atoms with Crippen LogP contribution in [0.1, 0.15) is 18.9 Å². The van der Waals surface area contributed by atoms with Crippen LogP contribution in [0.25, 0.3) is 0 Å². The maximum atomic E-state index is 13.9. The monoisotopic (exact) mass is 356 g/mol. The normalized spacial score (nSPS) is 10.5. The van der Waals surface area contributed by atoms with Crippen LogP contribution in [0, 0.1) is 11.6 Å². The van der Waals surface area contributed by atoms with Crippen molar-refractivity contribution in [3.63, 3.8) is 0 Å². The van der Waals surface area contributed by atoms with Crippen molar-refractivity contribution in [2.24, 2.45) is 0 Å². The highest BCUT2D eigenvalue weighted by Crippen LogP contribution is 2.29. The molecular formula is C14H15BrF2N4. The fourth-order valence-corrected chi connectivity index (χ4v) is 2.40. The number of nitrogens with one attached hydrogen (secondary N) is 2. The second-order valence-corrected chi connectivity index (χ2v) is 5.33. The quantitative estimate of drug-likeness (QED) is 0.840. The molecular weight excluding hydrogens is 342 g/mol. The molecule has 0 amide bonds. The molecule has 0 saturated carbocycles. The van der Waals surface area contributed by atoms with E-state index in [1.165, 1.54) is 18.5 Å². The van der Waals surface area contributed by atoms with Crippen LogP contribution in [0.5, 0.6) is 0 Å². The zero-order valence-corrected chi connectivity index (χ0v) is 13.3. The maximum absolute atomic E-state index is 13.9. The van der Waals surface area contributed by atoms with Gasteiger partial charge in [-0.3, -0.25) is 0 Å². The van der Waals surface area contributed by atoms with Crippen molar-refractivity contribution in [3.8, 4) is 0 Å². The molecule has 0 unspecified atom stereocenters. The molecule has 21 heavy (non-hydrogen) atoms. The lowest BCUT2D eigenvalue weighted by Crippen LogP contribution is -2.07. The third-order valence-electron chi connectivity index (χ3n) is 2.93. The van der Waals surface area contributed by atoms with E-state index in [2.05, 4.69) is 36.5 Å². The van der Waals surface area contributed by atoms with E-state index >= 15 is 0 Å². The molecule has 1 heterocycles. The summed E-state index contributed by atoms with van der Waals surface area (Å²) in [5.74, 6) is -0.327. The second-order valence-electron chi connectivity index (χ2n) is 4.42. The Hall–Kier alpha value is -1.76. The van der Waals surface area contributed by atoms with E-state index in [9.17, 15) is 8.78 Å². The summed E-state index contributed by atoms with van der Waals surface area (Å²) < 4.78 is 28.2. The van der Waals surface area contributed by atoms with Crippen LogP contribution in [-0.2, 0) is 6.42 Å². The molecule has 4 nitrogen and oxygen atoms in total. The molecule has 0 spiro atoms. The Morgan fingerprint density at radius 2 is 1.76 bits per heavy atom. The SMILES string of the molecule is CCCc1c(NC)ncnc1Nc1c(F)cc(Br)cc1F. The molecule has 0 aliphatic heterocycles. The Morgan fingerprint density at radius 1 is 1.14 bits per heavy atom. The van der Waals surface area contributed by atoms with E-state index in [1.807, 2.05) is 6.92 Å². The molecule has 0 radical (unpaired) electrons. The molecule has 112 valence electrons. The van der Waals surface area contributed by atoms with Crippen molar-refractivity contribution >= 4 is 33.3 Å². The zero-order chi connectivity index (χ0) is 15.4. The molecule has 2 aromatic rings. The summed E-state index contributed by atoms with van der Waals surface area (Å²) >= 11 is 3.05. The standard InChI is InChI=1S/C14H15BrF2N4/c1-3-4-9-13(18-2)19-7-20-14(9)21-12-10(16)5-8(15)6-11(12)17/h5-7H,3-4H2,1-2H3,(H2,18,19,20,21). The Morgan fingerprint density at radius 3 is 2.33 bits per heavy atom. The van der Waals surface area contributed by atoms with Crippen LogP contribution >= 0.6 is 15.9 Å². The Kier molecular flexibility index (Phi) is 5.06. The number of nitrogens with zero attached hydrogens (tertiary/aromatic N) is 2. The Bertz CT molecular complexity index is 626. The first-order valence-electron chi connectivity index (χ1n) is 6.50. The molecule has 2 rings (SSSR count). The first kappa shape index (κ1) is 15.6. The van der Waals surface area contributed by atoms with Gasteiger partial charge in [0.15, 0.2) is 11.6 Å².